The van der Waals surface area contributed by atoms with Gasteiger partial charge in [0, 0.05) is 11.6 Å². The van der Waals surface area contributed by atoms with Gasteiger partial charge in [-0.2, -0.15) is 0 Å². The molecular formula is C28H28N4O2. The van der Waals surface area contributed by atoms with Crippen molar-refractivity contribution in [2.45, 2.75) is 37.8 Å². The average Bonchev–Trinajstić information content (AvgIpc) is 3.49. The average molecular weight is 453 g/mol. The topological polar surface area (TPSA) is 85.3 Å². The van der Waals surface area contributed by atoms with E-state index in [2.05, 4.69) is 10.6 Å². The second-order valence-corrected chi connectivity index (χ2v) is 9.02. The fraction of sp³-hybridized carbons (Fsp3) is 0.250. The van der Waals surface area contributed by atoms with Gasteiger partial charge in [0.2, 0.25) is 5.91 Å². The van der Waals surface area contributed by atoms with Gasteiger partial charge in [0.05, 0.1) is 6.54 Å². The highest BCUT2D eigenvalue weighted by atomic mass is 16.2. The maximum absolute atomic E-state index is 13.9. The normalized spacial score (nSPS) is 17.6. The molecule has 34 heavy (non-hydrogen) atoms. The molecule has 0 spiro atoms. The van der Waals surface area contributed by atoms with Crippen molar-refractivity contribution in [2.75, 3.05) is 5.32 Å². The SMILES string of the molecule is N=C1NC(c2ccccc2)(c2ccccc2)C(=O)N1Cc1cccc(NC(=O)C2CCCC2)c1. The number of carbonyl (C=O) groups excluding carboxylic acids is 2. The van der Waals surface area contributed by atoms with Crippen LogP contribution in [0.25, 0.3) is 0 Å². The highest BCUT2D eigenvalue weighted by Crippen LogP contribution is 2.36. The van der Waals surface area contributed by atoms with Gasteiger partial charge in [-0.15, -0.1) is 0 Å². The zero-order chi connectivity index (χ0) is 23.5. The lowest BCUT2D eigenvalue weighted by atomic mass is 9.82. The van der Waals surface area contributed by atoms with Crippen LogP contribution in [0.2, 0.25) is 0 Å². The van der Waals surface area contributed by atoms with E-state index >= 15 is 0 Å². The van der Waals surface area contributed by atoms with Crippen molar-refractivity contribution in [3.8, 4) is 0 Å². The minimum atomic E-state index is -1.16. The minimum absolute atomic E-state index is 0.0538. The van der Waals surface area contributed by atoms with E-state index in [4.69, 9.17) is 5.41 Å². The van der Waals surface area contributed by atoms with Crippen LogP contribution in [0.1, 0.15) is 42.4 Å². The van der Waals surface area contributed by atoms with Crippen LogP contribution >= 0.6 is 0 Å². The van der Waals surface area contributed by atoms with Gasteiger partial charge in [0.15, 0.2) is 11.5 Å². The Morgan fingerprint density at radius 3 is 2.18 bits per heavy atom. The van der Waals surface area contributed by atoms with Gasteiger partial charge in [0.1, 0.15) is 0 Å². The summed E-state index contributed by atoms with van der Waals surface area (Å²) in [5, 5.41) is 14.9. The largest absolute Gasteiger partial charge is 0.334 e. The van der Waals surface area contributed by atoms with Crippen LogP contribution in [0, 0.1) is 11.3 Å². The first kappa shape index (κ1) is 21.9. The number of amides is 2. The number of rotatable bonds is 6. The van der Waals surface area contributed by atoms with Crippen LogP contribution in [0.15, 0.2) is 84.9 Å². The Hall–Kier alpha value is -3.93. The molecule has 0 radical (unpaired) electrons. The maximum Gasteiger partial charge on any atom is 0.264 e. The molecule has 1 heterocycles. The second kappa shape index (κ2) is 9.14. The van der Waals surface area contributed by atoms with E-state index in [9.17, 15) is 9.59 Å². The Kier molecular flexibility index (Phi) is 5.88. The monoisotopic (exact) mass is 452 g/mol. The lowest BCUT2D eigenvalue weighted by molar-refractivity contribution is -0.130. The third-order valence-electron chi connectivity index (χ3n) is 6.82. The maximum atomic E-state index is 13.9. The van der Waals surface area contributed by atoms with E-state index in [1.165, 1.54) is 4.90 Å². The highest BCUT2D eigenvalue weighted by Gasteiger charge is 2.52. The Morgan fingerprint density at radius 2 is 1.56 bits per heavy atom. The van der Waals surface area contributed by atoms with Crippen LogP contribution in [0.3, 0.4) is 0 Å². The predicted molar refractivity (Wildman–Crippen MR) is 132 cm³/mol. The molecule has 172 valence electrons. The molecule has 1 aliphatic carbocycles. The molecule has 3 N–H and O–H groups in total. The van der Waals surface area contributed by atoms with E-state index in [1.807, 2.05) is 84.9 Å². The third-order valence-corrected chi connectivity index (χ3v) is 6.82. The first-order chi connectivity index (χ1) is 16.6. The Labute approximate surface area is 199 Å². The molecule has 2 amide bonds. The van der Waals surface area contributed by atoms with Crippen LogP contribution in [0.5, 0.6) is 0 Å². The molecule has 1 saturated carbocycles. The van der Waals surface area contributed by atoms with Gasteiger partial charge in [-0.1, -0.05) is 85.6 Å². The van der Waals surface area contributed by atoms with Crippen LogP contribution in [-0.2, 0) is 21.7 Å². The summed E-state index contributed by atoms with van der Waals surface area (Å²) < 4.78 is 0. The molecule has 1 aliphatic heterocycles. The molecule has 6 nitrogen and oxygen atoms in total. The first-order valence-corrected chi connectivity index (χ1v) is 11.8. The van der Waals surface area contributed by atoms with Crippen molar-refractivity contribution in [3.63, 3.8) is 0 Å². The number of nitrogens with zero attached hydrogens (tertiary/aromatic N) is 1. The molecule has 2 fully saturated rings. The molecule has 1 saturated heterocycles. The lowest BCUT2D eigenvalue weighted by Gasteiger charge is -2.28. The van der Waals surface area contributed by atoms with E-state index in [0.29, 0.717) is 0 Å². The fourth-order valence-corrected chi connectivity index (χ4v) is 5.05. The zero-order valence-corrected chi connectivity index (χ0v) is 19.0. The molecule has 0 aromatic heterocycles. The molecule has 3 aromatic carbocycles. The number of hydrogen-bond donors (Lipinski definition) is 3. The fourth-order valence-electron chi connectivity index (χ4n) is 5.05. The second-order valence-electron chi connectivity index (χ2n) is 9.02. The van der Waals surface area contributed by atoms with Gasteiger partial charge in [0.25, 0.3) is 5.91 Å². The molecule has 0 unspecified atom stereocenters. The van der Waals surface area contributed by atoms with Crippen LogP contribution in [0.4, 0.5) is 5.69 Å². The first-order valence-electron chi connectivity index (χ1n) is 11.8. The van der Waals surface area contributed by atoms with Crippen molar-refractivity contribution in [1.82, 2.24) is 10.2 Å². The highest BCUT2D eigenvalue weighted by molar-refractivity contribution is 6.10. The van der Waals surface area contributed by atoms with E-state index in [1.54, 1.807) is 0 Å². The summed E-state index contributed by atoms with van der Waals surface area (Å²) in [5.74, 6) is 0.000399. The van der Waals surface area contributed by atoms with Crippen LogP contribution in [-0.4, -0.2) is 22.7 Å². The van der Waals surface area contributed by atoms with Gasteiger partial charge >= 0.3 is 0 Å². The summed E-state index contributed by atoms with van der Waals surface area (Å²) in [7, 11) is 0. The van der Waals surface area contributed by atoms with Crippen molar-refractivity contribution < 1.29 is 9.59 Å². The summed E-state index contributed by atoms with van der Waals surface area (Å²) in [6, 6.07) is 26.6. The number of guanidine groups is 1. The van der Waals surface area contributed by atoms with E-state index in [0.717, 1.165) is 48.1 Å². The Morgan fingerprint density at radius 1 is 0.941 bits per heavy atom. The van der Waals surface area contributed by atoms with Crippen molar-refractivity contribution >= 4 is 23.5 Å². The molecule has 3 aromatic rings. The number of nitrogens with one attached hydrogen (secondary N) is 3. The minimum Gasteiger partial charge on any atom is -0.334 e. The van der Waals surface area contributed by atoms with E-state index < -0.39 is 5.54 Å². The van der Waals surface area contributed by atoms with Gasteiger partial charge in [-0.25, -0.2) is 0 Å². The molecular weight excluding hydrogens is 424 g/mol. The zero-order valence-electron chi connectivity index (χ0n) is 19.0. The third kappa shape index (κ3) is 3.96. The molecule has 5 rings (SSSR count). The Balaban J connectivity index is 1.42. The summed E-state index contributed by atoms with van der Waals surface area (Å²) in [6.07, 6.45) is 4.10. The van der Waals surface area contributed by atoms with Crippen molar-refractivity contribution in [2.24, 2.45) is 5.92 Å². The summed E-state index contributed by atoms with van der Waals surface area (Å²) in [5.41, 5.74) is 1.99. The molecule has 2 aliphatic rings. The quantitative estimate of drug-likeness (QED) is 0.510. The summed E-state index contributed by atoms with van der Waals surface area (Å²) in [4.78, 5) is 28.0. The van der Waals surface area contributed by atoms with Gasteiger partial charge in [-0.3, -0.25) is 19.9 Å². The van der Waals surface area contributed by atoms with E-state index in [-0.39, 0.29) is 30.2 Å². The summed E-state index contributed by atoms with van der Waals surface area (Å²) in [6.45, 7) is 0.235. The number of carbonyl (C=O) groups is 2. The standard InChI is InChI=1S/C28H28N4O2/c29-27-31-28(22-13-3-1-4-14-22,23-15-5-2-6-16-23)26(34)32(27)19-20-10-9-17-24(18-20)30-25(33)21-11-7-8-12-21/h1-6,9-10,13-18,21H,7-8,11-12,19H2,(H2,29,31)(H,30,33). The van der Waals surface area contributed by atoms with Crippen molar-refractivity contribution in [1.29, 1.82) is 5.41 Å². The smallest absolute Gasteiger partial charge is 0.264 e. The molecule has 0 bridgehead atoms. The lowest BCUT2D eigenvalue weighted by Crippen LogP contribution is -2.45. The molecule has 0 atom stereocenters. The van der Waals surface area contributed by atoms with Gasteiger partial charge in [-0.05, 0) is 41.7 Å². The predicted octanol–water partition coefficient (Wildman–Crippen LogP) is 4.63. The van der Waals surface area contributed by atoms with Crippen LogP contribution < -0.4 is 10.6 Å². The van der Waals surface area contributed by atoms with Crippen molar-refractivity contribution in [3.05, 3.63) is 102 Å². The number of benzene rings is 3. The van der Waals surface area contributed by atoms with Gasteiger partial charge < -0.3 is 10.6 Å². The molecule has 6 heteroatoms. The Bertz CT molecular complexity index is 1160. The number of hydrogen-bond acceptors (Lipinski definition) is 3. The summed E-state index contributed by atoms with van der Waals surface area (Å²) >= 11 is 0. The number of anilines is 1.